The smallest absolute Gasteiger partial charge is 0.262 e. The van der Waals surface area contributed by atoms with Crippen molar-refractivity contribution >= 4 is 22.4 Å². The fourth-order valence-electron chi connectivity index (χ4n) is 3.29. The molecule has 2 aliphatic heterocycles. The van der Waals surface area contributed by atoms with Crippen molar-refractivity contribution in [3.63, 3.8) is 0 Å². The quantitative estimate of drug-likeness (QED) is 0.889. The van der Waals surface area contributed by atoms with Gasteiger partial charge in [0.25, 0.3) is 10.0 Å². The van der Waals surface area contributed by atoms with E-state index in [1.54, 1.807) is 10.5 Å². The second-order valence-corrected chi connectivity index (χ2v) is 7.94. The molecule has 1 aromatic rings. The van der Waals surface area contributed by atoms with Crippen molar-refractivity contribution in [2.75, 3.05) is 26.7 Å². The standard InChI is InChI=1S/C14H24N4O2S.ClH/c1-15-10-12-5-8-18(9-6-12)21(19,20)14-11-17-7-3-2-4-13(17)16-14;/h11-12,15H,2-10H2,1H3;1H. The highest BCUT2D eigenvalue weighted by Gasteiger charge is 2.31. The maximum atomic E-state index is 12.7. The molecule has 1 saturated heterocycles. The first-order chi connectivity index (χ1) is 10.1. The van der Waals surface area contributed by atoms with Crippen LogP contribution in [0.2, 0.25) is 0 Å². The number of aryl methyl sites for hydroxylation is 2. The molecule has 3 heterocycles. The van der Waals surface area contributed by atoms with Gasteiger partial charge in [-0.3, -0.25) is 0 Å². The lowest BCUT2D eigenvalue weighted by Gasteiger charge is -2.30. The van der Waals surface area contributed by atoms with Gasteiger partial charge in [-0.1, -0.05) is 0 Å². The number of rotatable bonds is 4. The Morgan fingerprint density at radius 3 is 2.64 bits per heavy atom. The molecule has 6 nitrogen and oxygen atoms in total. The van der Waals surface area contributed by atoms with Gasteiger partial charge in [0.05, 0.1) is 0 Å². The minimum absolute atomic E-state index is 0. The Labute approximate surface area is 138 Å². The van der Waals surface area contributed by atoms with E-state index in [-0.39, 0.29) is 17.4 Å². The largest absolute Gasteiger partial charge is 0.333 e. The van der Waals surface area contributed by atoms with Crippen LogP contribution in [-0.2, 0) is 23.0 Å². The molecule has 0 bridgehead atoms. The Balaban J connectivity index is 0.00000176. The lowest BCUT2D eigenvalue weighted by atomic mass is 9.98. The van der Waals surface area contributed by atoms with Crippen LogP contribution in [0.4, 0.5) is 0 Å². The van der Waals surface area contributed by atoms with E-state index in [4.69, 9.17) is 0 Å². The summed E-state index contributed by atoms with van der Waals surface area (Å²) in [4.78, 5) is 4.37. The lowest BCUT2D eigenvalue weighted by Crippen LogP contribution is -2.40. The summed E-state index contributed by atoms with van der Waals surface area (Å²) in [5.41, 5.74) is 0. The van der Waals surface area contributed by atoms with Crippen molar-refractivity contribution in [1.29, 1.82) is 0 Å². The fraction of sp³-hybridized carbons (Fsp3) is 0.786. The summed E-state index contributed by atoms with van der Waals surface area (Å²) in [5.74, 6) is 1.50. The van der Waals surface area contributed by atoms with Crippen LogP contribution in [0.5, 0.6) is 0 Å². The second-order valence-electron chi connectivity index (χ2n) is 6.05. The third kappa shape index (κ3) is 3.48. The van der Waals surface area contributed by atoms with E-state index in [0.717, 1.165) is 51.0 Å². The Kier molecular flexibility index (Phi) is 5.87. The molecule has 1 N–H and O–H groups in total. The third-order valence-corrected chi connectivity index (χ3v) is 6.33. The van der Waals surface area contributed by atoms with E-state index in [2.05, 4.69) is 10.3 Å². The molecule has 0 spiro atoms. The number of sulfonamides is 1. The van der Waals surface area contributed by atoms with E-state index >= 15 is 0 Å². The van der Waals surface area contributed by atoms with Gasteiger partial charge in [0.2, 0.25) is 0 Å². The summed E-state index contributed by atoms with van der Waals surface area (Å²) in [6.07, 6.45) is 6.68. The van der Waals surface area contributed by atoms with Crippen LogP contribution in [0, 0.1) is 5.92 Å². The third-order valence-electron chi connectivity index (χ3n) is 4.56. The van der Waals surface area contributed by atoms with Crippen LogP contribution in [0.3, 0.4) is 0 Å². The van der Waals surface area contributed by atoms with Crippen molar-refractivity contribution in [2.24, 2.45) is 5.92 Å². The molecule has 22 heavy (non-hydrogen) atoms. The van der Waals surface area contributed by atoms with E-state index in [1.807, 2.05) is 11.6 Å². The van der Waals surface area contributed by atoms with Crippen LogP contribution in [-0.4, -0.2) is 49.0 Å². The summed E-state index contributed by atoms with van der Waals surface area (Å²) in [7, 11) is -1.47. The number of hydrogen-bond acceptors (Lipinski definition) is 4. The summed E-state index contributed by atoms with van der Waals surface area (Å²) >= 11 is 0. The molecular weight excluding hydrogens is 324 g/mol. The molecule has 0 saturated carbocycles. The van der Waals surface area contributed by atoms with Crippen molar-refractivity contribution in [3.8, 4) is 0 Å². The van der Waals surface area contributed by atoms with E-state index < -0.39 is 10.0 Å². The number of hydrogen-bond donors (Lipinski definition) is 1. The fourth-order valence-corrected chi connectivity index (χ4v) is 4.72. The van der Waals surface area contributed by atoms with Crippen LogP contribution in [0.15, 0.2) is 11.2 Å². The average Bonchev–Trinajstić information content (AvgIpc) is 2.93. The predicted octanol–water partition coefficient (Wildman–Crippen LogP) is 1.26. The van der Waals surface area contributed by atoms with Crippen LogP contribution in [0.25, 0.3) is 0 Å². The molecule has 0 radical (unpaired) electrons. The molecule has 0 aliphatic carbocycles. The van der Waals surface area contributed by atoms with Crippen molar-refractivity contribution in [3.05, 3.63) is 12.0 Å². The molecule has 0 aromatic carbocycles. The van der Waals surface area contributed by atoms with Crippen LogP contribution >= 0.6 is 12.4 Å². The molecular formula is C14H25ClN4O2S. The number of aromatic nitrogens is 2. The van der Waals surface area contributed by atoms with Gasteiger partial charge in [-0.05, 0) is 45.2 Å². The minimum atomic E-state index is -3.41. The average molecular weight is 349 g/mol. The van der Waals surface area contributed by atoms with E-state index in [0.29, 0.717) is 19.0 Å². The first-order valence-electron chi connectivity index (χ1n) is 7.82. The zero-order chi connectivity index (χ0) is 14.9. The summed E-state index contributed by atoms with van der Waals surface area (Å²) in [6, 6.07) is 0. The molecule has 1 fully saturated rings. The number of halogens is 1. The number of imidazole rings is 1. The highest BCUT2D eigenvalue weighted by atomic mass is 35.5. The van der Waals surface area contributed by atoms with E-state index in [9.17, 15) is 8.42 Å². The summed E-state index contributed by atoms with van der Waals surface area (Å²) in [5, 5.41) is 3.41. The Bertz CT molecular complexity index is 570. The number of fused-ring (bicyclic) bond motifs is 1. The molecule has 0 atom stereocenters. The maximum absolute atomic E-state index is 12.7. The van der Waals surface area contributed by atoms with Crippen molar-refractivity contribution in [2.45, 2.75) is 43.7 Å². The van der Waals surface area contributed by atoms with E-state index in [1.165, 1.54) is 0 Å². The molecule has 3 rings (SSSR count). The van der Waals surface area contributed by atoms with Crippen LogP contribution < -0.4 is 5.32 Å². The van der Waals surface area contributed by atoms with Crippen molar-refractivity contribution < 1.29 is 8.42 Å². The van der Waals surface area contributed by atoms with Gasteiger partial charge < -0.3 is 9.88 Å². The van der Waals surface area contributed by atoms with Gasteiger partial charge >= 0.3 is 0 Å². The highest BCUT2D eigenvalue weighted by molar-refractivity contribution is 7.89. The van der Waals surface area contributed by atoms with Gasteiger partial charge in [0.15, 0.2) is 5.03 Å². The number of nitrogens with zero attached hydrogens (tertiary/aromatic N) is 3. The monoisotopic (exact) mass is 348 g/mol. The zero-order valence-electron chi connectivity index (χ0n) is 13.0. The molecule has 1 aromatic heterocycles. The van der Waals surface area contributed by atoms with Gasteiger partial charge in [-0.2, -0.15) is 4.31 Å². The van der Waals surface area contributed by atoms with Crippen molar-refractivity contribution in [1.82, 2.24) is 19.2 Å². The lowest BCUT2D eigenvalue weighted by molar-refractivity contribution is 0.270. The SMILES string of the molecule is CNCC1CCN(S(=O)(=O)c2cn3c(n2)CCCC3)CC1.Cl. The Morgan fingerprint density at radius 2 is 2.00 bits per heavy atom. The Morgan fingerprint density at radius 1 is 1.27 bits per heavy atom. The zero-order valence-corrected chi connectivity index (χ0v) is 14.6. The normalized spacial score (nSPS) is 20.4. The summed E-state index contributed by atoms with van der Waals surface area (Å²) < 4.78 is 29.0. The van der Waals surface area contributed by atoms with Gasteiger partial charge in [-0.15, -0.1) is 12.4 Å². The predicted molar refractivity (Wildman–Crippen MR) is 87.8 cm³/mol. The highest BCUT2D eigenvalue weighted by Crippen LogP contribution is 2.24. The van der Waals surface area contributed by atoms with Crippen LogP contribution in [0.1, 0.15) is 31.5 Å². The first kappa shape index (κ1) is 17.7. The molecule has 126 valence electrons. The van der Waals surface area contributed by atoms with Gasteiger partial charge in [0, 0.05) is 32.3 Å². The first-order valence-corrected chi connectivity index (χ1v) is 9.26. The molecule has 0 amide bonds. The van der Waals surface area contributed by atoms with Gasteiger partial charge in [-0.25, -0.2) is 13.4 Å². The number of piperidine rings is 1. The molecule has 0 unspecified atom stereocenters. The maximum Gasteiger partial charge on any atom is 0.262 e. The van der Waals surface area contributed by atoms with Gasteiger partial charge in [0.1, 0.15) is 5.82 Å². The minimum Gasteiger partial charge on any atom is -0.333 e. The second kappa shape index (κ2) is 7.29. The topological polar surface area (TPSA) is 67.2 Å². The molecule has 2 aliphatic rings. The number of nitrogens with one attached hydrogen (secondary N) is 1. The summed E-state index contributed by atoms with van der Waals surface area (Å²) in [6.45, 7) is 3.07. The molecule has 8 heteroatoms. The Hall–Kier alpha value is -0.630.